The largest absolute Gasteiger partial charge is 0.468 e. The second-order valence-corrected chi connectivity index (χ2v) is 5.28. The van der Waals surface area contributed by atoms with Gasteiger partial charge in [0.05, 0.1) is 17.9 Å². The number of halogens is 3. The van der Waals surface area contributed by atoms with Gasteiger partial charge in [0.1, 0.15) is 5.76 Å². The lowest BCUT2D eigenvalue weighted by Gasteiger charge is -2.22. The Bertz CT molecular complexity index is 652. The van der Waals surface area contributed by atoms with Crippen LogP contribution in [0.5, 0.6) is 0 Å². The maximum Gasteiger partial charge on any atom is 0.416 e. The van der Waals surface area contributed by atoms with Gasteiger partial charge in [0.2, 0.25) is 0 Å². The first-order valence-corrected chi connectivity index (χ1v) is 6.94. The Balaban J connectivity index is 2.07. The third-order valence-corrected chi connectivity index (χ3v) is 3.40. The van der Waals surface area contributed by atoms with E-state index in [4.69, 9.17) is 4.42 Å². The molecule has 0 radical (unpaired) electrons. The molecule has 0 aliphatic heterocycles. The average Bonchev–Trinajstić information content (AvgIpc) is 3.00. The molecule has 1 N–H and O–H groups in total. The third kappa shape index (κ3) is 4.35. The van der Waals surface area contributed by atoms with E-state index in [1.165, 1.54) is 18.4 Å². The second kappa shape index (κ2) is 6.87. The van der Waals surface area contributed by atoms with E-state index < -0.39 is 17.6 Å². The van der Waals surface area contributed by atoms with Crippen LogP contribution in [0.1, 0.15) is 27.7 Å². The Labute approximate surface area is 131 Å². The van der Waals surface area contributed by atoms with Crippen molar-refractivity contribution < 1.29 is 22.4 Å². The highest BCUT2D eigenvalue weighted by Gasteiger charge is 2.31. The molecule has 0 saturated heterocycles. The molecule has 1 aromatic heterocycles. The monoisotopic (exact) mass is 326 g/mol. The molecule has 1 atom stereocenters. The number of furan rings is 1. The molecule has 0 bridgehead atoms. The summed E-state index contributed by atoms with van der Waals surface area (Å²) in [4.78, 5) is 13.9. The number of rotatable bonds is 5. The van der Waals surface area contributed by atoms with Crippen molar-refractivity contribution in [3.8, 4) is 0 Å². The minimum Gasteiger partial charge on any atom is -0.468 e. The van der Waals surface area contributed by atoms with Crippen LogP contribution in [0.15, 0.2) is 47.1 Å². The molecule has 0 fully saturated rings. The van der Waals surface area contributed by atoms with E-state index in [2.05, 4.69) is 5.32 Å². The summed E-state index contributed by atoms with van der Waals surface area (Å²) >= 11 is 0. The van der Waals surface area contributed by atoms with Gasteiger partial charge in [-0.05, 0) is 44.4 Å². The van der Waals surface area contributed by atoms with Gasteiger partial charge in [-0.2, -0.15) is 13.2 Å². The van der Waals surface area contributed by atoms with E-state index in [0.717, 1.165) is 12.1 Å². The highest BCUT2D eigenvalue weighted by Crippen LogP contribution is 2.29. The van der Waals surface area contributed by atoms with E-state index in [1.807, 2.05) is 19.0 Å². The topological polar surface area (TPSA) is 45.5 Å². The Morgan fingerprint density at radius 1 is 1.26 bits per heavy atom. The first-order chi connectivity index (χ1) is 10.8. The van der Waals surface area contributed by atoms with Crippen molar-refractivity contribution in [2.24, 2.45) is 0 Å². The van der Waals surface area contributed by atoms with Gasteiger partial charge in [0.25, 0.3) is 5.91 Å². The number of amides is 1. The zero-order valence-corrected chi connectivity index (χ0v) is 12.7. The summed E-state index contributed by atoms with van der Waals surface area (Å²) in [5.41, 5.74) is -0.878. The van der Waals surface area contributed by atoms with E-state index in [9.17, 15) is 18.0 Å². The summed E-state index contributed by atoms with van der Waals surface area (Å²) in [6, 6.07) is 7.65. The van der Waals surface area contributed by atoms with Crippen LogP contribution in [0.2, 0.25) is 0 Å². The van der Waals surface area contributed by atoms with Crippen molar-refractivity contribution in [2.45, 2.75) is 12.2 Å². The maximum absolute atomic E-state index is 12.7. The lowest BCUT2D eigenvalue weighted by Crippen LogP contribution is -2.34. The number of nitrogens with zero attached hydrogens (tertiary/aromatic N) is 1. The van der Waals surface area contributed by atoms with E-state index >= 15 is 0 Å². The molecule has 23 heavy (non-hydrogen) atoms. The smallest absolute Gasteiger partial charge is 0.416 e. The van der Waals surface area contributed by atoms with Crippen molar-refractivity contribution in [1.29, 1.82) is 0 Å². The van der Waals surface area contributed by atoms with Crippen LogP contribution < -0.4 is 5.32 Å². The van der Waals surface area contributed by atoms with Crippen molar-refractivity contribution >= 4 is 5.91 Å². The van der Waals surface area contributed by atoms with Crippen LogP contribution in [0.25, 0.3) is 0 Å². The average molecular weight is 326 g/mol. The molecule has 0 aliphatic rings. The zero-order valence-electron chi connectivity index (χ0n) is 12.7. The van der Waals surface area contributed by atoms with Crippen molar-refractivity contribution in [3.63, 3.8) is 0 Å². The van der Waals surface area contributed by atoms with Crippen molar-refractivity contribution in [2.75, 3.05) is 20.6 Å². The quantitative estimate of drug-likeness (QED) is 0.917. The van der Waals surface area contributed by atoms with Gasteiger partial charge in [-0.25, -0.2) is 0 Å². The molecule has 124 valence electrons. The van der Waals surface area contributed by atoms with Gasteiger partial charge >= 0.3 is 6.18 Å². The summed E-state index contributed by atoms with van der Waals surface area (Å²) < 4.78 is 43.4. The number of nitrogens with one attached hydrogen (secondary N) is 1. The molecule has 0 aliphatic carbocycles. The Morgan fingerprint density at radius 3 is 2.57 bits per heavy atom. The molecular weight excluding hydrogens is 309 g/mol. The summed E-state index contributed by atoms with van der Waals surface area (Å²) in [6.45, 7) is 0.218. The summed E-state index contributed by atoms with van der Waals surface area (Å²) in [7, 11) is 3.65. The van der Waals surface area contributed by atoms with Gasteiger partial charge in [0.15, 0.2) is 0 Å². The third-order valence-electron chi connectivity index (χ3n) is 3.40. The van der Waals surface area contributed by atoms with Crippen LogP contribution >= 0.6 is 0 Å². The molecule has 1 amide bonds. The highest BCUT2D eigenvalue weighted by molar-refractivity contribution is 5.94. The lowest BCUT2D eigenvalue weighted by atomic mass is 10.1. The van der Waals surface area contributed by atoms with Crippen LogP contribution in [0.3, 0.4) is 0 Å². The predicted octanol–water partition coefficient (Wildman–Crippen LogP) is 3.33. The van der Waals surface area contributed by atoms with Gasteiger partial charge < -0.3 is 9.73 Å². The fourth-order valence-electron chi connectivity index (χ4n) is 2.15. The van der Waals surface area contributed by atoms with Gasteiger partial charge in [-0.15, -0.1) is 0 Å². The molecule has 0 saturated carbocycles. The first-order valence-electron chi connectivity index (χ1n) is 6.94. The fraction of sp³-hybridized carbons (Fsp3) is 0.312. The minimum absolute atomic E-state index is 0.0308. The summed E-state index contributed by atoms with van der Waals surface area (Å²) in [5.74, 6) is 0.105. The zero-order chi connectivity index (χ0) is 17.0. The highest BCUT2D eigenvalue weighted by atomic mass is 19.4. The normalized spacial score (nSPS) is 13.1. The van der Waals surface area contributed by atoms with Crippen LogP contribution in [0.4, 0.5) is 13.2 Å². The SMILES string of the molecule is CN(C)[C@@H](CNC(=O)c1cccc(C(F)(F)F)c1)c1ccco1. The number of hydrogen-bond donors (Lipinski definition) is 1. The van der Waals surface area contributed by atoms with Crippen LogP contribution in [0, 0.1) is 0 Å². The summed E-state index contributed by atoms with van der Waals surface area (Å²) in [5, 5.41) is 2.64. The fourth-order valence-corrected chi connectivity index (χ4v) is 2.15. The standard InChI is InChI=1S/C16H17F3N2O2/c1-21(2)13(14-7-4-8-23-14)10-20-15(22)11-5-3-6-12(9-11)16(17,18)19/h3-9,13H,10H2,1-2H3,(H,20,22)/t13-/m0/s1. The number of carbonyl (C=O) groups is 1. The molecular formula is C16H17F3N2O2. The van der Waals surface area contributed by atoms with Crippen molar-refractivity contribution in [3.05, 3.63) is 59.5 Å². The first kappa shape index (κ1) is 17.1. The maximum atomic E-state index is 12.7. The number of carbonyl (C=O) groups excluding carboxylic acids is 1. The van der Waals surface area contributed by atoms with Crippen LogP contribution in [-0.2, 0) is 6.18 Å². The molecule has 7 heteroatoms. The predicted molar refractivity (Wildman–Crippen MR) is 78.9 cm³/mol. The molecule has 4 nitrogen and oxygen atoms in total. The van der Waals surface area contributed by atoms with Gasteiger partial charge in [0, 0.05) is 12.1 Å². The minimum atomic E-state index is -4.48. The molecule has 1 heterocycles. The molecule has 2 rings (SSSR count). The van der Waals surface area contributed by atoms with Crippen molar-refractivity contribution in [1.82, 2.24) is 10.2 Å². The van der Waals surface area contributed by atoms with Crippen LogP contribution in [-0.4, -0.2) is 31.4 Å². The Hall–Kier alpha value is -2.28. The molecule has 0 unspecified atom stereocenters. The number of hydrogen-bond acceptors (Lipinski definition) is 3. The number of alkyl halides is 3. The second-order valence-electron chi connectivity index (χ2n) is 5.28. The Morgan fingerprint density at radius 2 is 2.00 bits per heavy atom. The van der Waals surface area contributed by atoms with Gasteiger partial charge in [-0.3, -0.25) is 9.69 Å². The number of likely N-dealkylation sites (N-methyl/N-ethyl adjacent to an activating group) is 1. The van der Waals surface area contributed by atoms with E-state index in [-0.39, 0.29) is 18.2 Å². The van der Waals surface area contributed by atoms with E-state index in [1.54, 1.807) is 12.1 Å². The Kier molecular flexibility index (Phi) is 5.10. The summed E-state index contributed by atoms with van der Waals surface area (Å²) in [6.07, 6.45) is -2.95. The molecule has 2 aromatic rings. The number of benzene rings is 1. The molecule has 0 spiro atoms. The lowest BCUT2D eigenvalue weighted by molar-refractivity contribution is -0.137. The van der Waals surface area contributed by atoms with Gasteiger partial charge in [-0.1, -0.05) is 6.07 Å². The van der Waals surface area contributed by atoms with E-state index in [0.29, 0.717) is 5.76 Å². The molecule has 1 aromatic carbocycles.